The molecule has 1 aromatic carbocycles. The number of rotatable bonds is 3. The zero-order valence-electron chi connectivity index (χ0n) is 10.5. The monoisotopic (exact) mass is 304 g/mol. The maximum atomic E-state index is 11.7. The molecule has 0 atom stereocenters. The Labute approximate surface area is 120 Å². The fourth-order valence-corrected chi connectivity index (χ4v) is 2.09. The summed E-state index contributed by atoms with van der Waals surface area (Å²) in [6, 6.07) is 2.40. The van der Waals surface area contributed by atoms with Crippen molar-refractivity contribution in [3.8, 4) is 5.75 Å². The first kappa shape index (κ1) is 15.4. The molecule has 0 spiro atoms. The van der Waals surface area contributed by atoms with E-state index in [-0.39, 0.29) is 15.7 Å². The zero-order chi connectivity index (χ0) is 14.6. The lowest BCUT2D eigenvalue weighted by Crippen LogP contribution is -2.46. The molecule has 0 aromatic heterocycles. The van der Waals surface area contributed by atoms with Crippen LogP contribution in [0, 0.1) is 5.41 Å². The van der Waals surface area contributed by atoms with Crippen molar-refractivity contribution in [3.05, 3.63) is 22.2 Å². The van der Waals surface area contributed by atoms with Crippen LogP contribution in [0.3, 0.4) is 0 Å². The highest BCUT2D eigenvalue weighted by Gasteiger charge is 2.23. The molecule has 19 heavy (non-hydrogen) atoms. The van der Waals surface area contributed by atoms with E-state index in [0.29, 0.717) is 12.4 Å². The normalized spacial score (nSPS) is 9.89. The number of anilines is 1. The van der Waals surface area contributed by atoms with Crippen LogP contribution in [0.15, 0.2) is 12.1 Å². The third kappa shape index (κ3) is 3.42. The molecule has 0 unspecified atom stereocenters. The van der Waals surface area contributed by atoms with Crippen molar-refractivity contribution in [2.75, 3.05) is 18.6 Å². The van der Waals surface area contributed by atoms with Crippen LogP contribution < -0.4 is 20.7 Å². The van der Waals surface area contributed by atoms with Gasteiger partial charge in [0.15, 0.2) is 0 Å². The highest BCUT2D eigenvalue weighted by atomic mass is 35.5. The molecule has 0 bridgehead atoms. The Kier molecular flexibility index (Phi) is 5.26. The van der Waals surface area contributed by atoms with Gasteiger partial charge in [0.05, 0.1) is 22.3 Å². The van der Waals surface area contributed by atoms with Crippen LogP contribution in [0.1, 0.15) is 6.92 Å². The van der Waals surface area contributed by atoms with Crippen LogP contribution in [-0.2, 0) is 0 Å². The Morgan fingerprint density at radius 1 is 1.47 bits per heavy atom. The first-order valence-corrected chi connectivity index (χ1v) is 6.15. The third-order valence-electron chi connectivity index (χ3n) is 2.18. The zero-order valence-corrected chi connectivity index (χ0v) is 12.0. The Morgan fingerprint density at radius 2 is 2.00 bits per heavy atom. The van der Waals surface area contributed by atoms with E-state index < -0.39 is 12.0 Å². The lowest BCUT2D eigenvalue weighted by Gasteiger charge is -2.22. The number of amides is 2. The average Bonchev–Trinajstić information content (AvgIpc) is 2.32. The number of urea groups is 1. The lowest BCUT2D eigenvalue weighted by molar-refractivity contribution is 0.251. The van der Waals surface area contributed by atoms with E-state index in [1.54, 1.807) is 0 Å². The second-order valence-electron chi connectivity index (χ2n) is 3.44. The maximum absolute atomic E-state index is 11.7. The molecule has 0 aliphatic rings. The van der Waals surface area contributed by atoms with Gasteiger partial charge >= 0.3 is 6.03 Å². The molecule has 4 N–H and O–H groups in total. The van der Waals surface area contributed by atoms with Gasteiger partial charge in [-0.3, -0.25) is 5.41 Å². The molecule has 0 aliphatic carbocycles. The summed E-state index contributed by atoms with van der Waals surface area (Å²) in [5, 5.41) is 10.1. The largest absolute Gasteiger partial charge is 0.494 e. The molecule has 6 nitrogen and oxygen atoms in total. The first-order valence-electron chi connectivity index (χ1n) is 5.40. The fourth-order valence-electron chi connectivity index (χ4n) is 1.45. The van der Waals surface area contributed by atoms with Gasteiger partial charge in [0.1, 0.15) is 5.75 Å². The van der Waals surface area contributed by atoms with Gasteiger partial charge in [-0.2, -0.15) is 0 Å². The number of nitrogens with zero attached hydrogens (tertiary/aromatic N) is 1. The Bertz CT molecular complexity index is 484. The summed E-state index contributed by atoms with van der Waals surface area (Å²) in [7, 11) is 1.41. The highest BCUT2D eigenvalue weighted by Crippen LogP contribution is 2.37. The SMILES string of the molecule is CCOc1cc(Cl)c(N(C(=N)N)C(=O)NC)c(Cl)c1. The summed E-state index contributed by atoms with van der Waals surface area (Å²) in [5.41, 5.74) is 5.52. The summed E-state index contributed by atoms with van der Waals surface area (Å²) in [6.45, 7) is 2.28. The molecule has 0 fully saturated rings. The van der Waals surface area contributed by atoms with Gasteiger partial charge in [0, 0.05) is 19.2 Å². The minimum absolute atomic E-state index is 0.138. The molecule has 2 amide bonds. The molecule has 0 heterocycles. The Balaban J connectivity index is 3.32. The summed E-state index contributed by atoms with van der Waals surface area (Å²) in [5.74, 6) is -0.0195. The molecule has 1 rings (SSSR count). The lowest BCUT2D eigenvalue weighted by atomic mass is 10.2. The van der Waals surface area contributed by atoms with Crippen molar-refractivity contribution >= 4 is 40.9 Å². The number of ether oxygens (including phenoxy) is 1. The van der Waals surface area contributed by atoms with E-state index in [0.717, 1.165) is 4.90 Å². The van der Waals surface area contributed by atoms with Crippen molar-refractivity contribution in [1.29, 1.82) is 5.41 Å². The van der Waals surface area contributed by atoms with Gasteiger partial charge < -0.3 is 15.8 Å². The molecular weight excluding hydrogens is 291 g/mol. The van der Waals surface area contributed by atoms with Gasteiger partial charge in [-0.1, -0.05) is 23.2 Å². The second-order valence-corrected chi connectivity index (χ2v) is 4.26. The highest BCUT2D eigenvalue weighted by molar-refractivity contribution is 6.41. The van der Waals surface area contributed by atoms with Crippen molar-refractivity contribution in [2.24, 2.45) is 5.73 Å². The molecule has 1 aromatic rings. The maximum Gasteiger partial charge on any atom is 0.328 e. The minimum Gasteiger partial charge on any atom is -0.494 e. The number of carbonyl (C=O) groups is 1. The van der Waals surface area contributed by atoms with Crippen molar-refractivity contribution in [3.63, 3.8) is 0 Å². The smallest absolute Gasteiger partial charge is 0.328 e. The third-order valence-corrected chi connectivity index (χ3v) is 2.76. The van der Waals surface area contributed by atoms with E-state index >= 15 is 0 Å². The number of carbonyl (C=O) groups excluding carboxylic acids is 1. The van der Waals surface area contributed by atoms with E-state index in [9.17, 15) is 4.79 Å². The van der Waals surface area contributed by atoms with Crippen LogP contribution in [0.2, 0.25) is 10.0 Å². The van der Waals surface area contributed by atoms with Crippen LogP contribution >= 0.6 is 23.2 Å². The average molecular weight is 305 g/mol. The first-order chi connectivity index (χ1) is 8.92. The number of nitrogens with one attached hydrogen (secondary N) is 2. The van der Waals surface area contributed by atoms with Crippen LogP contribution in [0.5, 0.6) is 5.75 Å². The standard InChI is InChI=1S/C11H14Cl2N4O2/c1-3-19-6-4-7(12)9(8(13)5-6)17(10(14)15)11(18)16-2/h4-5H,3H2,1-2H3,(H3,14,15)(H,16,18). The summed E-state index contributed by atoms with van der Waals surface area (Å²) >= 11 is 12.1. The predicted molar refractivity (Wildman–Crippen MR) is 76.5 cm³/mol. The number of guanidine groups is 1. The summed E-state index contributed by atoms with van der Waals surface area (Å²) in [4.78, 5) is 12.6. The molecule has 0 radical (unpaired) electrons. The number of hydrogen-bond donors (Lipinski definition) is 3. The molecular formula is C11H14Cl2N4O2. The van der Waals surface area contributed by atoms with Gasteiger partial charge in [-0.25, -0.2) is 9.69 Å². The van der Waals surface area contributed by atoms with Gasteiger partial charge in [-0.05, 0) is 6.92 Å². The molecule has 104 valence electrons. The van der Waals surface area contributed by atoms with Gasteiger partial charge in [0.2, 0.25) is 5.96 Å². The fraction of sp³-hybridized carbons (Fsp3) is 0.273. The number of hydrogen-bond acceptors (Lipinski definition) is 3. The van der Waals surface area contributed by atoms with Gasteiger partial charge in [0.25, 0.3) is 0 Å². The molecule has 0 aliphatic heterocycles. The van der Waals surface area contributed by atoms with E-state index in [4.69, 9.17) is 39.1 Å². The van der Waals surface area contributed by atoms with Crippen molar-refractivity contribution in [2.45, 2.75) is 6.92 Å². The quantitative estimate of drug-likeness (QED) is 0.591. The number of benzene rings is 1. The summed E-state index contributed by atoms with van der Waals surface area (Å²) in [6.07, 6.45) is 0. The topological polar surface area (TPSA) is 91.4 Å². The van der Waals surface area contributed by atoms with E-state index in [1.807, 2.05) is 6.92 Å². The Morgan fingerprint density at radius 3 is 2.37 bits per heavy atom. The number of nitrogens with two attached hydrogens (primary N) is 1. The van der Waals surface area contributed by atoms with Crippen molar-refractivity contribution in [1.82, 2.24) is 5.32 Å². The van der Waals surface area contributed by atoms with Gasteiger partial charge in [-0.15, -0.1) is 0 Å². The number of halogens is 2. The van der Waals surface area contributed by atoms with E-state index in [2.05, 4.69) is 5.32 Å². The molecule has 8 heteroatoms. The molecule has 0 saturated heterocycles. The van der Waals surface area contributed by atoms with Crippen LogP contribution in [-0.4, -0.2) is 25.6 Å². The van der Waals surface area contributed by atoms with E-state index in [1.165, 1.54) is 19.2 Å². The second kappa shape index (κ2) is 6.49. The molecule has 0 saturated carbocycles. The van der Waals surface area contributed by atoms with Crippen molar-refractivity contribution < 1.29 is 9.53 Å². The van der Waals surface area contributed by atoms with Crippen LogP contribution in [0.25, 0.3) is 0 Å². The minimum atomic E-state index is -0.611. The predicted octanol–water partition coefficient (Wildman–Crippen LogP) is 2.43. The Hall–Kier alpha value is -1.66. The summed E-state index contributed by atoms with van der Waals surface area (Å²) < 4.78 is 5.28. The van der Waals surface area contributed by atoms with Crippen LogP contribution in [0.4, 0.5) is 10.5 Å².